The highest BCUT2D eigenvalue weighted by molar-refractivity contribution is 7.87. The van der Waals surface area contributed by atoms with Gasteiger partial charge in [-0.15, -0.1) is 0 Å². The third-order valence-corrected chi connectivity index (χ3v) is 2.59. The molecule has 0 saturated heterocycles. The van der Waals surface area contributed by atoms with Gasteiger partial charge in [0.25, 0.3) is 0 Å². The van der Waals surface area contributed by atoms with Gasteiger partial charge in [-0.2, -0.15) is 5.10 Å². The number of aromatic nitrogens is 2. The van der Waals surface area contributed by atoms with Gasteiger partial charge in [0.2, 0.25) is 0 Å². The molecule has 0 fully saturated rings. The Bertz CT molecular complexity index is 370. The monoisotopic (exact) mass is 218 g/mol. The third kappa shape index (κ3) is 2.42. The molecule has 5 heteroatoms. The quantitative estimate of drug-likeness (QED) is 0.758. The summed E-state index contributed by atoms with van der Waals surface area (Å²) in [5.74, 6) is 0. The zero-order valence-corrected chi connectivity index (χ0v) is 9.32. The zero-order chi connectivity index (χ0) is 10.0. The van der Waals surface area contributed by atoms with E-state index in [4.69, 9.17) is 11.6 Å². The van der Waals surface area contributed by atoms with Gasteiger partial charge in [0.15, 0.2) is 0 Å². The molecule has 0 N–H and O–H groups in total. The smallest absolute Gasteiger partial charge is 0.134 e. The van der Waals surface area contributed by atoms with E-state index in [2.05, 4.69) is 5.10 Å². The molecule has 1 unspecified atom stereocenters. The summed E-state index contributed by atoms with van der Waals surface area (Å²) >= 11 is 5.95. The van der Waals surface area contributed by atoms with Crippen LogP contribution in [0.5, 0.6) is 0 Å². The molecule has 1 atom stereocenters. The van der Waals surface area contributed by atoms with E-state index in [-0.39, 0.29) is 0 Å². The minimum absolute atomic E-state index is 0.569. The number of hydrogen-bond donors (Lipinski definition) is 0. The largest absolute Gasteiger partial charge is 0.256 e. The van der Waals surface area contributed by atoms with Crippen molar-refractivity contribution in [2.75, 3.05) is 6.26 Å². The molecule has 0 aliphatic rings. The summed E-state index contributed by atoms with van der Waals surface area (Å²) in [4.78, 5) is 0. The molecule has 0 aliphatic carbocycles. The minimum atomic E-state index is -0.950. The van der Waals surface area contributed by atoms with Crippen molar-refractivity contribution in [2.45, 2.75) is 6.92 Å². The van der Waals surface area contributed by atoms with E-state index in [0.717, 1.165) is 11.3 Å². The Kier molecular flexibility index (Phi) is 3.27. The van der Waals surface area contributed by atoms with E-state index >= 15 is 0 Å². The standard InChI is InChI=1S/C8H11ClN2OS/c1-6-7(4-5-13(3)12)8(9)11(2)10-6/h4-5H,1-3H3/b5-4+. The molecule has 13 heavy (non-hydrogen) atoms. The second kappa shape index (κ2) is 4.07. The van der Waals surface area contributed by atoms with Crippen molar-refractivity contribution in [3.8, 4) is 0 Å². The number of rotatable bonds is 2. The van der Waals surface area contributed by atoms with Crippen LogP contribution in [0.15, 0.2) is 5.41 Å². The molecule has 1 aromatic heterocycles. The Morgan fingerprint density at radius 2 is 2.23 bits per heavy atom. The molecule has 0 saturated carbocycles. The van der Waals surface area contributed by atoms with Crippen LogP contribution in [-0.2, 0) is 17.8 Å². The fraction of sp³-hybridized carbons (Fsp3) is 0.375. The van der Waals surface area contributed by atoms with Gasteiger partial charge < -0.3 is 0 Å². The Labute approximate surface area is 84.9 Å². The van der Waals surface area contributed by atoms with Crippen molar-refractivity contribution in [1.82, 2.24) is 9.78 Å². The molecule has 1 heterocycles. The molecule has 0 bridgehead atoms. The average molecular weight is 219 g/mol. The lowest BCUT2D eigenvalue weighted by Gasteiger charge is -1.90. The number of hydrogen-bond acceptors (Lipinski definition) is 2. The van der Waals surface area contributed by atoms with E-state index in [0.29, 0.717) is 5.15 Å². The lowest BCUT2D eigenvalue weighted by atomic mass is 10.3. The molecule has 0 amide bonds. The molecule has 0 radical (unpaired) electrons. The first-order valence-corrected chi connectivity index (χ1v) is 5.72. The predicted molar refractivity (Wildman–Crippen MR) is 56.1 cm³/mol. The normalized spacial score (nSPS) is 13.8. The molecule has 0 aliphatic heterocycles. The molecular formula is C8H11ClN2OS. The highest BCUT2D eigenvalue weighted by atomic mass is 35.5. The first kappa shape index (κ1) is 10.5. The van der Waals surface area contributed by atoms with Crippen LogP contribution in [0.4, 0.5) is 0 Å². The van der Waals surface area contributed by atoms with Crippen LogP contribution in [0.3, 0.4) is 0 Å². The van der Waals surface area contributed by atoms with Gasteiger partial charge in [0, 0.05) is 35.1 Å². The van der Waals surface area contributed by atoms with Gasteiger partial charge in [0.1, 0.15) is 5.15 Å². The molecule has 0 aromatic carbocycles. The number of nitrogens with zero attached hydrogens (tertiary/aromatic N) is 2. The Morgan fingerprint density at radius 1 is 1.62 bits per heavy atom. The van der Waals surface area contributed by atoms with Crippen LogP contribution in [0.1, 0.15) is 11.3 Å². The Balaban J connectivity index is 3.07. The summed E-state index contributed by atoms with van der Waals surface area (Å²) in [5, 5.41) is 6.28. The van der Waals surface area contributed by atoms with E-state index in [1.807, 2.05) is 6.92 Å². The van der Waals surface area contributed by atoms with Gasteiger partial charge in [0.05, 0.1) is 5.69 Å². The maximum Gasteiger partial charge on any atom is 0.134 e. The highest BCUT2D eigenvalue weighted by Gasteiger charge is 2.07. The van der Waals surface area contributed by atoms with Crippen molar-refractivity contribution in [3.63, 3.8) is 0 Å². The first-order valence-electron chi connectivity index (χ1n) is 3.72. The van der Waals surface area contributed by atoms with Crippen LogP contribution in [0.25, 0.3) is 6.08 Å². The Morgan fingerprint density at radius 3 is 2.62 bits per heavy atom. The van der Waals surface area contributed by atoms with Crippen molar-refractivity contribution < 1.29 is 4.21 Å². The fourth-order valence-corrected chi connectivity index (χ4v) is 1.56. The summed E-state index contributed by atoms with van der Waals surface area (Å²) in [7, 11) is 0.824. The lowest BCUT2D eigenvalue weighted by Crippen LogP contribution is -1.88. The van der Waals surface area contributed by atoms with Gasteiger partial charge in [-0.1, -0.05) is 11.6 Å². The summed E-state index contributed by atoms with van der Waals surface area (Å²) in [6.07, 6.45) is 3.34. The van der Waals surface area contributed by atoms with Crippen molar-refractivity contribution in [3.05, 3.63) is 21.8 Å². The van der Waals surface area contributed by atoms with Gasteiger partial charge in [-0.05, 0) is 13.0 Å². The maximum absolute atomic E-state index is 10.8. The SMILES string of the molecule is Cc1nn(C)c(Cl)c1/C=C/S(C)=O. The fourth-order valence-electron chi connectivity index (χ4n) is 1.000. The van der Waals surface area contributed by atoms with E-state index in [1.165, 1.54) is 0 Å². The first-order chi connectivity index (χ1) is 6.02. The van der Waals surface area contributed by atoms with Gasteiger partial charge in [-0.3, -0.25) is 8.89 Å². The van der Waals surface area contributed by atoms with Gasteiger partial charge >= 0.3 is 0 Å². The van der Waals surface area contributed by atoms with Crippen LogP contribution < -0.4 is 0 Å². The van der Waals surface area contributed by atoms with E-state index in [1.54, 1.807) is 29.5 Å². The molecular weight excluding hydrogens is 208 g/mol. The Hall–Kier alpha value is -0.610. The van der Waals surface area contributed by atoms with Crippen LogP contribution in [0, 0.1) is 6.92 Å². The van der Waals surface area contributed by atoms with E-state index < -0.39 is 10.8 Å². The lowest BCUT2D eigenvalue weighted by molar-refractivity contribution is 0.692. The number of halogens is 1. The molecule has 0 spiro atoms. The summed E-state index contributed by atoms with van der Waals surface area (Å²) < 4.78 is 12.4. The predicted octanol–water partition coefficient (Wildman–Crippen LogP) is 1.73. The summed E-state index contributed by atoms with van der Waals surface area (Å²) in [6, 6.07) is 0. The van der Waals surface area contributed by atoms with Gasteiger partial charge in [-0.25, -0.2) is 0 Å². The molecule has 1 rings (SSSR count). The minimum Gasteiger partial charge on any atom is -0.256 e. The summed E-state index contributed by atoms with van der Waals surface area (Å²) in [6.45, 7) is 1.87. The van der Waals surface area contributed by atoms with E-state index in [9.17, 15) is 4.21 Å². The zero-order valence-electron chi connectivity index (χ0n) is 7.74. The third-order valence-electron chi connectivity index (χ3n) is 1.62. The topological polar surface area (TPSA) is 34.9 Å². The second-order valence-corrected chi connectivity index (χ2v) is 4.34. The number of aryl methyl sites for hydroxylation is 2. The van der Waals surface area contributed by atoms with Crippen LogP contribution in [-0.4, -0.2) is 20.2 Å². The van der Waals surface area contributed by atoms with Crippen LogP contribution >= 0.6 is 11.6 Å². The van der Waals surface area contributed by atoms with Crippen LogP contribution in [0.2, 0.25) is 5.15 Å². The maximum atomic E-state index is 10.8. The van der Waals surface area contributed by atoms with Crippen molar-refractivity contribution >= 4 is 28.5 Å². The summed E-state index contributed by atoms with van der Waals surface area (Å²) in [5.41, 5.74) is 1.67. The van der Waals surface area contributed by atoms with Crippen molar-refractivity contribution in [2.24, 2.45) is 7.05 Å². The van der Waals surface area contributed by atoms with Crippen molar-refractivity contribution in [1.29, 1.82) is 0 Å². The molecule has 3 nitrogen and oxygen atoms in total. The molecule has 1 aromatic rings. The highest BCUT2D eigenvalue weighted by Crippen LogP contribution is 2.19. The average Bonchev–Trinajstić information content (AvgIpc) is 2.24. The molecule has 72 valence electrons. The second-order valence-electron chi connectivity index (χ2n) is 2.71.